The number of hydrogen-bond acceptors (Lipinski definition) is 4. The van der Waals surface area contributed by atoms with Crippen molar-refractivity contribution in [1.29, 1.82) is 0 Å². The molecule has 1 N–H and O–H groups in total. The number of nitrogens with one attached hydrogen (secondary N) is 1. The highest BCUT2D eigenvalue weighted by Crippen LogP contribution is 2.16. The van der Waals surface area contributed by atoms with Gasteiger partial charge in [-0.15, -0.1) is 0 Å². The molecule has 1 rings (SSSR count). The molecule has 0 aliphatic carbocycles. The molecule has 1 aromatic carbocycles. The minimum atomic E-state index is -0.150. The van der Waals surface area contributed by atoms with E-state index in [2.05, 4.69) is 5.32 Å². The summed E-state index contributed by atoms with van der Waals surface area (Å²) >= 11 is 0. The first-order chi connectivity index (χ1) is 8.65. The number of benzene rings is 1. The summed E-state index contributed by atoms with van der Waals surface area (Å²) in [7, 11) is 3.10. The Morgan fingerprint density at radius 3 is 2.39 bits per heavy atom. The van der Waals surface area contributed by atoms with Gasteiger partial charge >= 0.3 is 0 Å². The molecule has 5 heteroatoms. The summed E-state index contributed by atoms with van der Waals surface area (Å²) in [5.74, 6) is 1.37. The maximum absolute atomic E-state index is 11.2. The zero-order valence-electron chi connectivity index (χ0n) is 10.9. The number of ether oxygens (including phenoxy) is 3. The summed E-state index contributed by atoms with van der Waals surface area (Å²) in [6.07, 6.45) is 0. The fraction of sp³-hybridized carbons (Fsp3) is 0.462. The third kappa shape index (κ3) is 5.05. The van der Waals surface area contributed by atoms with Gasteiger partial charge in [0.2, 0.25) is 5.91 Å². The van der Waals surface area contributed by atoms with Gasteiger partial charge in [0.05, 0.1) is 13.2 Å². The van der Waals surface area contributed by atoms with Crippen molar-refractivity contribution in [2.75, 3.05) is 27.4 Å². The first-order valence-electron chi connectivity index (χ1n) is 5.71. The van der Waals surface area contributed by atoms with Gasteiger partial charge in [-0.05, 0) is 31.2 Å². The largest absolute Gasteiger partial charge is 0.497 e. The maximum atomic E-state index is 11.2. The van der Waals surface area contributed by atoms with E-state index < -0.39 is 0 Å². The summed E-state index contributed by atoms with van der Waals surface area (Å²) in [5, 5.41) is 2.76. The van der Waals surface area contributed by atoms with Crippen LogP contribution in [0, 0.1) is 0 Å². The fourth-order valence-electron chi connectivity index (χ4n) is 1.38. The molecule has 0 aromatic heterocycles. The van der Waals surface area contributed by atoms with E-state index in [9.17, 15) is 4.79 Å². The lowest BCUT2D eigenvalue weighted by Gasteiger charge is -2.14. The Bertz CT molecular complexity index is 364. The lowest BCUT2D eigenvalue weighted by molar-refractivity contribution is -0.125. The van der Waals surface area contributed by atoms with Crippen LogP contribution < -0.4 is 14.8 Å². The molecule has 5 nitrogen and oxygen atoms in total. The first-order valence-corrected chi connectivity index (χ1v) is 5.71. The van der Waals surface area contributed by atoms with Crippen LogP contribution in [-0.4, -0.2) is 39.4 Å². The Kier molecular flexibility index (Phi) is 6.00. The van der Waals surface area contributed by atoms with Gasteiger partial charge in [-0.3, -0.25) is 4.79 Å². The van der Waals surface area contributed by atoms with Crippen molar-refractivity contribution in [2.45, 2.75) is 13.0 Å². The van der Waals surface area contributed by atoms with Crippen LogP contribution >= 0.6 is 0 Å². The molecule has 0 spiro atoms. The highest BCUT2D eigenvalue weighted by atomic mass is 16.5. The third-order valence-electron chi connectivity index (χ3n) is 2.24. The number of carbonyl (C=O) groups excluding carboxylic acids is 1. The van der Waals surface area contributed by atoms with Gasteiger partial charge in [0.1, 0.15) is 24.7 Å². The van der Waals surface area contributed by atoms with Crippen LogP contribution in [0.5, 0.6) is 11.5 Å². The summed E-state index contributed by atoms with van der Waals surface area (Å²) in [6, 6.07) is 7.22. The predicted octanol–water partition coefficient (Wildman–Crippen LogP) is 1.23. The summed E-state index contributed by atoms with van der Waals surface area (Å²) in [4.78, 5) is 11.2. The summed E-state index contributed by atoms with van der Waals surface area (Å²) in [5.41, 5.74) is 0. The number of amides is 1. The van der Waals surface area contributed by atoms with Crippen LogP contribution in [0.1, 0.15) is 6.92 Å². The second kappa shape index (κ2) is 7.55. The first kappa shape index (κ1) is 14.3. The molecule has 100 valence electrons. The van der Waals surface area contributed by atoms with Crippen molar-refractivity contribution in [2.24, 2.45) is 0 Å². The van der Waals surface area contributed by atoms with E-state index in [0.717, 1.165) is 11.5 Å². The van der Waals surface area contributed by atoms with Gasteiger partial charge in [-0.1, -0.05) is 0 Å². The summed E-state index contributed by atoms with van der Waals surface area (Å²) < 4.78 is 15.3. The molecule has 1 atom stereocenters. The summed E-state index contributed by atoms with van der Waals surface area (Å²) in [6.45, 7) is 2.34. The van der Waals surface area contributed by atoms with Crippen molar-refractivity contribution < 1.29 is 19.0 Å². The highest BCUT2D eigenvalue weighted by molar-refractivity contribution is 5.77. The molecule has 0 bridgehead atoms. The Morgan fingerprint density at radius 1 is 1.22 bits per heavy atom. The van der Waals surface area contributed by atoms with E-state index in [0.29, 0.717) is 6.61 Å². The van der Waals surface area contributed by atoms with Crippen LogP contribution in [0.25, 0.3) is 0 Å². The molecule has 0 saturated carbocycles. The van der Waals surface area contributed by atoms with Crippen LogP contribution in [0.4, 0.5) is 0 Å². The van der Waals surface area contributed by atoms with Crippen molar-refractivity contribution in [3.05, 3.63) is 24.3 Å². The molecule has 1 aromatic rings. The SMILES string of the molecule is COCC(=O)N[C@@H](C)COc1ccc(OC)cc1. The van der Waals surface area contributed by atoms with Gasteiger partial charge in [-0.25, -0.2) is 0 Å². The van der Waals surface area contributed by atoms with Gasteiger partial charge < -0.3 is 19.5 Å². The minimum Gasteiger partial charge on any atom is -0.497 e. The van der Waals surface area contributed by atoms with Crippen molar-refractivity contribution in [3.63, 3.8) is 0 Å². The van der Waals surface area contributed by atoms with E-state index >= 15 is 0 Å². The number of methoxy groups -OCH3 is 2. The molecule has 0 aliphatic heterocycles. The standard InChI is InChI=1S/C13H19NO4/c1-10(14-13(15)9-16-2)8-18-12-6-4-11(17-3)5-7-12/h4-7,10H,8-9H2,1-3H3,(H,14,15)/t10-/m0/s1. The fourth-order valence-corrected chi connectivity index (χ4v) is 1.38. The van der Waals surface area contributed by atoms with Crippen LogP contribution in [0.2, 0.25) is 0 Å². The zero-order valence-corrected chi connectivity index (χ0v) is 10.9. The van der Waals surface area contributed by atoms with E-state index in [1.165, 1.54) is 7.11 Å². The molecular formula is C13H19NO4. The minimum absolute atomic E-state index is 0.0624. The maximum Gasteiger partial charge on any atom is 0.246 e. The molecule has 0 heterocycles. The van der Waals surface area contributed by atoms with E-state index in [1.807, 2.05) is 31.2 Å². The Hall–Kier alpha value is -1.75. The van der Waals surface area contributed by atoms with Gasteiger partial charge in [-0.2, -0.15) is 0 Å². The highest BCUT2D eigenvalue weighted by Gasteiger charge is 2.07. The molecular weight excluding hydrogens is 234 g/mol. The second-order valence-electron chi connectivity index (χ2n) is 3.89. The number of hydrogen-bond donors (Lipinski definition) is 1. The van der Waals surface area contributed by atoms with Crippen molar-refractivity contribution in [3.8, 4) is 11.5 Å². The normalized spacial score (nSPS) is 11.7. The van der Waals surface area contributed by atoms with Gasteiger partial charge in [0.15, 0.2) is 0 Å². The average Bonchev–Trinajstić information content (AvgIpc) is 2.37. The van der Waals surface area contributed by atoms with E-state index in [4.69, 9.17) is 14.2 Å². The Morgan fingerprint density at radius 2 is 1.83 bits per heavy atom. The zero-order chi connectivity index (χ0) is 13.4. The average molecular weight is 253 g/mol. The smallest absolute Gasteiger partial charge is 0.246 e. The molecule has 0 unspecified atom stereocenters. The molecule has 0 saturated heterocycles. The lowest BCUT2D eigenvalue weighted by Crippen LogP contribution is -2.38. The van der Waals surface area contributed by atoms with Gasteiger partial charge in [0.25, 0.3) is 0 Å². The number of rotatable bonds is 7. The Balaban J connectivity index is 2.32. The quantitative estimate of drug-likeness (QED) is 0.794. The molecule has 18 heavy (non-hydrogen) atoms. The molecule has 0 aliphatic rings. The predicted molar refractivity (Wildman–Crippen MR) is 68.0 cm³/mol. The monoisotopic (exact) mass is 253 g/mol. The van der Waals surface area contributed by atoms with E-state index in [1.54, 1.807) is 7.11 Å². The third-order valence-corrected chi connectivity index (χ3v) is 2.24. The van der Waals surface area contributed by atoms with Crippen molar-refractivity contribution in [1.82, 2.24) is 5.32 Å². The molecule has 0 fully saturated rings. The van der Waals surface area contributed by atoms with Crippen LogP contribution in [0.15, 0.2) is 24.3 Å². The lowest BCUT2D eigenvalue weighted by atomic mass is 10.3. The number of carbonyl (C=O) groups is 1. The van der Waals surface area contributed by atoms with Gasteiger partial charge in [0, 0.05) is 7.11 Å². The van der Waals surface area contributed by atoms with Crippen molar-refractivity contribution >= 4 is 5.91 Å². The molecule has 0 radical (unpaired) electrons. The Labute approximate surface area is 107 Å². The van der Waals surface area contributed by atoms with E-state index in [-0.39, 0.29) is 18.6 Å². The van der Waals surface area contributed by atoms with Crippen LogP contribution in [0.3, 0.4) is 0 Å². The topological polar surface area (TPSA) is 56.8 Å². The van der Waals surface area contributed by atoms with Crippen LogP contribution in [-0.2, 0) is 9.53 Å². The second-order valence-corrected chi connectivity index (χ2v) is 3.89. The molecule has 1 amide bonds.